The topological polar surface area (TPSA) is 56.5 Å². The van der Waals surface area contributed by atoms with E-state index in [1.807, 2.05) is 0 Å². The van der Waals surface area contributed by atoms with Crippen LogP contribution in [0.4, 0.5) is 0 Å². The van der Waals surface area contributed by atoms with E-state index < -0.39 is 0 Å². The van der Waals surface area contributed by atoms with Gasteiger partial charge in [0.2, 0.25) is 0 Å². The Hall–Kier alpha value is -0.160. The van der Waals surface area contributed by atoms with Crippen molar-refractivity contribution in [3.8, 4) is 0 Å². The molecule has 1 aliphatic carbocycles. The first-order chi connectivity index (χ1) is 9.39. The van der Waals surface area contributed by atoms with Gasteiger partial charge in [-0.05, 0) is 32.6 Å². The number of hydrogen-bond acceptors (Lipinski definition) is 4. The second-order valence-corrected chi connectivity index (χ2v) is 7.81. The number of nitrogens with two attached hydrogens (primary N) is 1. The van der Waals surface area contributed by atoms with Crippen molar-refractivity contribution in [1.29, 1.82) is 0 Å². The van der Waals surface area contributed by atoms with Crippen LogP contribution in [-0.4, -0.2) is 43.5 Å². The Morgan fingerprint density at radius 3 is 2.65 bits per heavy atom. The third-order valence-electron chi connectivity index (χ3n) is 6.11. The maximum absolute atomic E-state index is 6.78. The molecule has 3 rings (SSSR count). The van der Waals surface area contributed by atoms with Crippen LogP contribution in [0.25, 0.3) is 0 Å². The van der Waals surface area contributed by atoms with E-state index in [0.29, 0.717) is 12.0 Å². The number of hydrogen-bond donors (Lipinski definition) is 2. The molecule has 20 heavy (non-hydrogen) atoms. The standard InChI is InChI=1S/C16H30N2O2/c1-14(2)13-12(6-4-8-19-13)16(14,17)11-18-10-15(3)7-5-9-20-15/h12-13,18H,4-11,17H2,1-3H3. The van der Waals surface area contributed by atoms with E-state index in [0.717, 1.165) is 39.1 Å². The van der Waals surface area contributed by atoms with Crippen LogP contribution < -0.4 is 11.1 Å². The van der Waals surface area contributed by atoms with Gasteiger partial charge >= 0.3 is 0 Å². The summed E-state index contributed by atoms with van der Waals surface area (Å²) in [5, 5.41) is 3.59. The molecule has 4 atom stereocenters. The highest BCUT2D eigenvalue weighted by atomic mass is 16.5. The molecule has 0 aromatic carbocycles. The predicted molar refractivity (Wildman–Crippen MR) is 79.6 cm³/mol. The van der Waals surface area contributed by atoms with Gasteiger partial charge in [0.05, 0.1) is 11.7 Å². The molecule has 4 heteroatoms. The summed E-state index contributed by atoms with van der Waals surface area (Å²) in [6.45, 7) is 10.3. The number of ether oxygens (including phenoxy) is 2. The summed E-state index contributed by atoms with van der Waals surface area (Å²) in [7, 11) is 0. The number of fused-ring (bicyclic) bond motifs is 1. The lowest BCUT2D eigenvalue weighted by molar-refractivity contribution is -0.226. The zero-order chi connectivity index (χ0) is 14.4. The van der Waals surface area contributed by atoms with Gasteiger partial charge in [0, 0.05) is 43.2 Å². The minimum Gasteiger partial charge on any atom is -0.377 e. The SMILES string of the molecule is CC1(CNCC2(N)C3CCCOC3C2(C)C)CCCO1. The van der Waals surface area contributed by atoms with Gasteiger partial charge in [0.1, 0.15) is 0 Å². The van der Waals surface area contributed by atoms with E-state index in [4.69, 9.17) is 15.2 Å². The van der Waals surface area contributed by atoms with Crippen molar-refractivity contribution in [2.75, 3.05) is 26.3 Å². The van der Waals surface area contributed by atoms with Crippen molar-refractivity contribution in [1.82, 2.24) is 5.32 Å². The molecular formula is C16H30N2O2. The Labute approximate surface area is 122 Å². The molecule has 0 aromatic heterocycles. The van der Waals surface area contributed by atoms with E-state index in [2.05, 4.69) is 26.1 Å². The summed E-state index contributed by atoms with van der Waals surface area (Å²) in [6.07, 6.45) is 5.03. The molecule has 1 saturated carbocycles. The van der Waals surface area contributed by atoms with Crippen LogP contribution >= 0.6 is 0 Å². The summed E-state index contributed by atoms with van der Waals surface area (Å²) in [6, 6.07) is 0. The van der Waals surface area contributed by atoms with Crippen LogP contribution in [0.3, 0.4) is 0 Å². The number of rotatable bonds is 4. The Kier molecular flexibility index (Phi) is 3.65. The molecule has 2 heterocycles. The maximum atomic E-state index is 6.78. The van der Waals surface area contributed by atoms with Crippen molar-refractivity contribution >= 4 is 0 Å². The van der Waals surface area contributed by atoms with Crippen molar-refractivity contribution in [2.45, 2.75) is 63.7 Å². The monoisotopic (exact) mass is 282 g/mol. The van der Waals surface area contributed by atoms with Gasteiger partial charge < -0.3 is 20.5 Å². The highest BCUT2D eigenvalue weighted by Crippen LogP contribution is 2.57. The quantitative estimate of drug-likeness (QED) is 0.824. The Bertz CT molecular complexity index is 365. The highest BCUT2D eigenvalue weighted by Gasteiger charge is 2.66. The fourth-order valence-corrected chi connectivity index (χ4v) is 4.54. The van der Waals surface area contributed by atoms with Gasteiger partial charge in [-0.25, -0.2) is 0 Å². The Morgan fingerprint density at radius 1 is 1.15 bits per heavy atom. The summed E-state index contributed by atoms with van der Waals surface area (Å²) in [5.74, 6) is 0.510. The first-order valence-electron chi connectivity index (χ1n) is 8.14. The number of nitrogens with one attached hydrogen (secondary N) is 1. The van der Waals surface area contributed by atoms with E-state index in [-0.39, 0.29) is 16.6 Å². The van der Waals surface area contributed by atoms with Gasteiger partial charge in [0.15, 0.2) is 0 Å². The maximum Gasteiger partial charge on any atom is 0.0779 e. The molecule has 0 radical (unpaired) electrons. The molecule has 3 N–H and O–H groups in total. The van der Waals surface area contributed by atoms with Crippen molar-refractivity contribution in [3.63, 3.8) is 0 Å². The third kappa shape index (κ3) is 2.12. The van der Waals surface area contributed by atoms with Crippen LogP contribution in [0.2, 0.25) is 0 Å². The summed E-state index contributed by atoms with van der Waals surface area (Å²) >= 11 is 0. The molecule has 0 spiro atoms. The molecule has 4 unspecified atom stereocenters. The average Bonchev–Trinajstić information content (AvgIpc) is 2.85. The second kappa shape index (κ2) is 4.94. The van der Waals surface area contributed by atoms with E-state index in [1.165, 1.54) is 12.8 Å². The fraction of sp³-hybridized carbons (Fsp3) is 1.00. The first kappa shape index (κ1) is 14.8. The van der Waals surface area contributed by atoms with Crippen LogP contribution in [0.15, 0.2) is 0 Å². The largest absolute Gasteiger partial charge is 0.377 e. The van der Waals surface area contributed by atoms with Gasteiger partial charge in [0.25, 0.3) is 0 Å². The molecule has 4 nitrogen and oxygen atoms in total. The van der Waals surface area contributed by atoms with E-state index >= 15 is 0 Å². The zero-order valence-corrected chi connectivity index (χ0v) is 13.2. The second-order valence-electron chi connectivity index (χ2n) is 7.81. The molecule has 3 aliphatic rings. The van der Waals surface area contributed by atoms with Crippen LogP contribution in [0.1, 0.15) is 46.5 Å². The molecule has 2 aliphatic heterocycles. The highest BCUT2D eigenvalue weighted by molar-refractivity contribution is 5.20. The van der Waals surface area contributed by atoms with Crippen molar-refractivity contribution < 1.29 is 9.47 Å². The predicted octanol–water partition coefficient (Wildman–Crippen LogP) is 1.68. The minimum absolute atomic E-state index is 0.00666. The molecule has 116 valence electrons. The normalized spacial score (nSPS) is 46.8. The molecule has 2 saturated heterocycles. The van der Waals surface area contributed by atoms with Gasteiger partial charge in [-0.3, -0.25) is 0 Å². The summed E-state index contributed by atoms with van der Waals surface area (Å²) in [5.41, 5.74) is 6.70. The van der Waals surface area contributed by atoms with Crippen LogP contribution in [-0.2, 0) is 9.47 Å². The van der Waals surface area contributed by atoms with Crippen LogP contribution in [0.5, 0.6) is 0 Å². The van der Waals surface area contributed by atoms with E-state index in [1.54, 1.807) is 0 Å². The zero-order valence-electron chi connectivity index (χ0n) is 13.2. The molecule has 0 amide bonds. The van der Waals surface area contributed by atoms with E-state index in [9.17, 15) is 0 Å². The van der Waals surface area contributed by atoms with Gasteiger partial charge in [-0.2, -0.15) is 0 Å². The van der Waals surface area contributed by atoms with Crippen LogP contribution in [0, 0.1) is 11.3 Å². The lowest BCUT2D eigenvalue weighted by Gasteiger charge is -2.66. The molecule has 0 aromatic rings. The van der Waals surface area contributed by atoms with Crippen molar-refractivity contribution in [3.05, 3.63) is 0 Å². The van der Waals surface area contributed by atoms with Gasteiger partial charge in [-0.15, -0.1) is 0 Å². The smallest absolute Gasteiger partial charge is 0.0779 e. The lowest BCUT2D eigenvalue weighted by atomic mass is 9.46. The first-order valence-corrected chi connectivity index (χ1v) is 8.14. The average molecular weight is 282 g/mol. The third-order valence-corrected chi connectivity index (χ3v) is 6.11. The van der Waals surface area contributed by atoms with Crippen molar-refractivity contribution in [2.24, 2.45) is 17.1 Å². The summed E-state index contributed by atoms with van der Waals surface area (Å²) in [4.78, 5) is 0. The molecular weight excluding hydrogens is 252 g/mol. The molecule has 0 bridgehead atoms. The molecule has 3 fully saturated rings. The van der Waals surface area contributed by atoms with Gasteiger partial charge in [-0.1, -0.05) is 13.8 Å². The summed E-state index contributed by atoms with van der Waals surface area (Å²) < 4.78 is 11.8. The lowest BCUT2D eigenvalue weighted by Crippen LogP contribution is -2.80. The Balaban J connectivity index is 1.58. The Morgan fingerprint density at radius 2 is 1.95 bits per heavy atom. The fourth-order valence-electron chi connectivity index (χ4n) is 4.54. The minimum atomic E-state index is -0.146.